The van der Waals surface area contributed by atoms with E-state index < -0.39 is 5.60 Å². The number of rotatable bonds is 4. The summed E-state index contributed by atoms with van der Waals surface area (Å²) in [5, 5.41) is 13.2. The number of hydrogen-bond donors (Lipinski definition) is 2. The van der Waals surface area contributed by atoms with E-state index in [1.165, 1.54) is 0 Å². The van der Waals surface area contributed by atoms with Gasteiger partial charge < -0.3 is 14.8 Å². The third-order valence-electron chi connectivity index (χ3n) is 2.86. The van der Waals surface area contributed by atoms with Crippen molar-refractivity contribution < 1.29 is 9.52 Å². The van der Waals surface area contributed by atoms with E-state index >= 15 is 0 Å². The van der Waals surface area contributed by atoms with Crippen molar-refractivity contribution in [3.05, 3.63) is 22.6 Å². The zero-order valence-electron chi connectivity index (χ0n) is 9.60. The normalized spacial score (nSPS) is 13.2. The summed E-state index contributed by atoms with van der Waals surface area (Å²) in [6.07, 6.45) is 0. The molecule has 1 rings (SSSR count). The molecule has 0 aliphatic rings. The Morgan fingerprint density at radius 3 is 2.33 bits per heavy atom. The van der Waals surface area contributed by atoms with E-state index in [0.29, 0.717) is 6.54 Å². The highest BCUT2D eigenvalue weighted by molar-refractivity contribution is 9.10. The maximum Gasteiger partial charge on any atom is 0.169 e. The Hall–Kier alpha value is -0.320. The van der Waals surface area contributed by atoms with Crippen LogP contribution in [0.2, 0.25) is 0 Å². The predicted molar refractivity (Wildman–Crippen MR) is 63.6 cm³/mol. The standard InChI is InChI=1S/C11H18BrNO2/c1-10(2,11(3,4)14)13-7-8-5-6-9(12)15-8/h5-6,13-14H,7H2,1-4H3. The Balaban J connectivity index is 2.57. The second kappa shape index (κ2) is 4.28. The largest absolute Gasteiger partial charge is 0.453 e. The summed E-state index contributed by atoms with van der Waals surface area (Å²) < 4.78 is 6.09. The molecule has 0 bridgehead atoms. The highest BCUT2D eigenvalue weighted by Crippen LogP contribution is 2.22. The molecule has 2 N–H and O–H groups in total. The molecule has 0 saturated heterocycles. The number of furan rings is 1. The van der Waals surface area contributed by atoms with Crippen LogP contribution in [0, 0.1) is 0 Å². The van der Waals surface area contributed by atoms with Crippen LogP contribution >= 0.6 is 15.9 Å². The first-order valence-corrected chi connectivity index (χ1v) is 5.73. The lowest BCUT2D eigenvalue weighted by molar-refractivity contribution is -0.00604. The molecule has 0 saturated carbocycles. The molecule has 0 unspecified atom stereocenters. The van der Waals surface area contributed by atoms with Crippen molar-refractivity contribution >= 4 is 15.9 Å². The van der Waals surface area contributed by atoms with Gasteiger partial charge in [0.25, 0.3) is 0 Å². The maximum absolute atomic E-state index is 9.93. The van der Waals surface area contributed by atoms with E-state index in [2.05, 4.69) is 21.2 Å². The van der Waals surface area contributed by atoms with Crippen LogP contribution in [0.5, 0.6) is 0 Å². The molecule has 0 spiro atoms. The van der Waals surface area contributed by atoms with Gasteiger partial charge in [0.1, 0.15) is 5.76 Å². The van der Waals surface area contributed by atoms with Gasteiger partial charge in [0.05, 0.1) is 12.1 Å². The molecular formula is C11H18BrNO2. The van der Waals surface area contributed by atoms with Crippen LogP contribution in [-0.2, 0) is 6.54 Å². The first-order chi connectivity index (χ1) is 6.72. The fourth-order valence-corrected chi connectivity index (χ4v) is 1.31. The Labute approximate surface area is 99.0 Å². The minimum absolute atomic E-state index is 0.369. The fourth-order valence-electron chi connectivity index (χ4n) is 0.971. The molecule has 0 aromatic carbocycles. The number of halogens is 1. The Morgan fingerprint density at radius 2 is 1.93 bits per heavy atom. The van der Waals surface area contributed by atoms with Crippen molar-refractivity contribution in [3.63, 3.8) is 0 Å². The van der Waals surface area contributed by atoms with Gasteiger partial charge in [-0.2, -0.15) is 0 Å². The van der Waals surface area contributed by atoms with Crippen LogP contribution in [0.4, 0.5) is 0 Å². The third-order valence-corrected chi connectivity index (χ3v) is 3.29. The minimum atomic E-state index is -0.781. The molecule has 0 radical (unpaired) electrons. The Kier molecular flexibility index (Phi) is 3.63. The van der Waals surface area contributed by atoms with Crippen molar-refractivity contribution in [1.29, 1.82) is 0 Å². The lowest BCUT2D eigenvalue weighted by Gasteiger charge is -2.38. The van der Waals surface area contributed by atoms with Gasteiger partial charge in [-0.15, -0.1) is 0 Å². The van der Waals surface area contributed by atoms with Gasteiger partial charge in [-0.3, -0.25) is 0 Å². The predicted octanol–water partition coefficient (Wildman–Crippen LogP) is 2.68. The molecule has 0 atom stereocenters. The van der Waals surface area contributed by atoms with Crippen LogP contribution < -0.4 is 5.32 Å². The molecule has 1 aromatic rings. The first-order valence-electron chi connectivity index (χ1n) is 4.94. The van der Waals surface area contributed by atoms with Crippen molar-refractivity contribution in [3.8, 4) is 0 Å². The molecule has 0 aliphatic carbocycles. The van der Waals surface area contributed by atoms with Gasteiger partial charge in [-0.25, -0.2) is 0 Å². The minimum Gasteiger partial charge on any atom is -0.453 e. The van der Waals surface area contributed by atoms with Crippen molar-refractivity contribution in [2.75, 3.05) is 0 Å². The van der Waals surface area contributed by atoms with E-state index in [4.69, 9.17) is 4.42 Å². The van der Waals surface area contributed by atoms with Gasteiger partial charge in [-0.1, -0.05) is 0 Å². The summed E-state index contributed by atoms with van der Waals surface area (Å²) in [6.45, 7) is 8.11. The van der Waals surface area contributed by atoms with Crippen LogP contribution in [0.25, 0.3) is 0 Å². The lowest BCUT2D eigenvalue weighted by Crippen LogP contribution is -2.55. The van der Waals surface area contributed by atoms with Gasteiger partial charge in [-0.05, 0) is 55.8 Å². The molecule has 0 aliphatic heterocycles. The third kappa shape index (κ3) is 3.33. The van der Waals surface area contributed by atoms with E-state index in [0.717, 1.165) is 10.4 Å². The molecule has 3 nitrogen and oxygen atoms in total. The second-order valence-electron chi connectivity index (χ2n) is 4.74. The summed E-state index contributed by atoms with van der Waals surface area (Å²) in [5.74, 6) is 0.846. The molecule has 4 heteroatoms. The van der Waals surface area contributed by atoms with Crippen LogP contribution in [0.1, 0.15) is 33.5 Å². The summed E-state index contributed by atoms with van der Waals surface area (Å²) in [7, 11) is 0. The molecule has 15 heavy (non-hydrogen) atoms. The summed E-state index contributed by atoms with van der Waals surface area (Å²) in [4.78, 5) is 0. The van der Waals surface area contributed by atoms with Gasteiger partial charge in [0.15, 0.2) is 4.67 Å². The van der Waals surface area contributed by atoms with Crippen LogP contribution in [-0.4, -0.2) is 16.2 Å². The molecule has 86 valence electrons. The second-order valence-corrected chi connectivity index (χ2v) is 5.52. The average Bonchev–Trinajstić information content (AvgIpc) is 2.46. The van der Waals surface area contributed by atoms with Gasteiger partial charge in [0, 0.05) is 5.54 Å². The number of aliphatic hydroxyl groups is 1. The fraction of sp³-hybridized carbons (Fsp3) is 0.636. The molecular weight excluding hydrogens is 258 g/mol. The van der Waals surface area contributed by atoms with E-state index in [-0.39, 0.29) is 5.54 Å². The zero-order chi connectivity index (χ0) is 11.7. The van der Waals surface area contributed by atoms with Crippen molar-refractivity contribution in [2.24, 2.45) is 0 Å². The summed E-state index contributed by atoms with van der Waals surface area (Å²) >= 11 is 3.25. The van der Waals surface area contributed by atoms with E-state index in [9.17, 15) is 5.11 Å². The lowest BCUT2D eigenvalue weighted by atomic mass is 9.86. The van der Waals surface area contributed by atoms with E-state index in [1.54, 1.807) is 13.8 Å². The maximum atomic E-state index is 9.93. The first kappa shape index (κ1) is 12.7. The number of hydrogen-bond acceptors (Lipinski definition) is 3. The van der Waals surface area contributed by atoms with Crippen molar-refractivity contribution in [1.82, 2.24) is 5.32 Å². The van der Waals surface area contributed by atoms with Crippen molar-refractivity contribution in [2.45, 2.75) is 45.4 Å². The van der Waals surface area contributed by atoms with Gasteiger partial charge in [0.2, 0.25) is 0 Å². The SMILES string of the molecule is CC(C)(O)C(C)(C)NCc1ccc(Br)o1. The highest BCUT2D eigenvalue weighted by Gasteiger charge is 2.34. The molecule has 1 heterocycles. The summed E-state index contributed by atoms with van der Waals surface area (Å²) in [5.41, 5.74) is -1.15. The molecule has 1 aromatic heterocycles. The Bertz CT molecular complexity index is 326. The quantitative estimate of drug-likeness (QED) is 0.888. The zero-order valence-corrected chi connectivity index (χ0v) is 11.2. The topological polar surface area (TPSA) is 45.4 Å². The molecule has 0 amide bonds. The van der Waals surface area contributed by atoms with Crippen LogP contribution in [0.3, 0.4) is 0 Å². The van der Waals surface area contributed by atoms with E-state index in [1.807, 2.05) is 26.0 Å². The Morgan fingerprint density at radius 1 is 1.33 bits per heavy atom. The van der Waals surface area contributed by atoms with Gasteiger partial charge >= 0.3 is 0 Å². The smallest absolute Gasteiger partial charge is 0.169 e. The average molecular weight is 276 g/mol. The highest BCUT2D eigenvalue weighted by atomic mass is 79.9. The summed E-state index contributed by atoms with van der Waals surface area (Å²) in [6, 6.07) is 3.76. The monoisotopic (exact) mass is 275 g/mol. The van der Waals surface area contributed by atoms with Crippen LogP contribution in [0.15, 0.2) is 21.2 Å². The number of nitrogens with one attached hydrogen (secondary N) is 1. The molecule has 0 fully saturated rings.